The number of aryl methyl sites for hydroxylation is 1. The normalized spacial score (nSPS) is 21.2. The van der Waals surface area contributed by atoms with Crippen LogP contribution in [0.15, 0.2) is 36.4 Å². The van der Waals surface area contributed by atoms with E-state index in [-0.39, 0.29) is 0 Å². The van der Waals surface area contributed by atoms with Gasteiger partial charge in [-0.25, -0.2) is 0 Å². The Morgan fingerprint density at radius 1 is 1.33 bits per heavy atom. The molecule has 2 aliphatic carbocycles. The van der Waals surface area contributed by atoms with Gasteiger partial charge < -0.3 is 0 Å². The van der Waals surface area contributed by atoms with Gasteiger partial charge in [-0.3, -0.25) is 0 Å². The van der Waals surface area contributed by atoms with E-state index in [4.69, 9.17) is 0 Å². The summed E-state index contributed by atoms with van der Waals surface area (Å²) in [6.07, 6.45) is 9.83. The molecule has 0 spiro atoms. The predicted molar refractivity (Wildman–Crippen MR) is 78.7 cm³/mol. The molecule has 1 aromatic carbocycles. The summed E-state index contributed by atoms with van der Waals surface area (Å²) in [7, 11) is 0. The fourth-order valence-corrected chi connectivity index (χ4v) is 2.46. The Morgan fingerprint density at radius 3 is 2.67 bits per heavy atom. The second kappa shape index (κ2) is 4.12. The van der Waals surface area contributed by atoms with Crippen LogP contribution in [0.5, 0.6) is 0 Å². The van der Waals surface area contributed by atoms with Crippen molar-refractivity contribution >= 4 is 6.08 Å². The fourth-order valence-electron chi connectivity index (χ4n) is 2.46. The number of hydrogen-bond donors (Lipinski definition) is 0. The number of benzene rings is 1. The van der Waals surface area contributed by atoms with E-state index in [0.29, 0.717) is 5.41 Å². The molecule has 2 saturated carbocycles. The smallest absolute Gasteiger partial charge is 0.00744 e. The minimum absolute atomic E-state index is 0.462. The van der Waals surface area contributed by atoms with Crippen LogP contribution in [-0.2, 0) is 5.41 Å². The van der Waals surface area contributed by atoms with E-state index < -0.39 is 0 Å². The van der Waals surface area contributed by atoms with Gasteiger partial charge in [0.1, 0.15) is 0 Å². The molecule has 2 fully saturated rings. The van der Waals surface area contributed by atoms with Crippen LogP contribution in [0.2, 0.25) is 0 Å². The van der Waals surface area contributed by atoms with Gasteiger partial charge in [0.2, 0.25) is 0 Å². The first-order chi connectivity index (χ1) is 8.58. The molecule has 94 valence electrons. The summed E-state index contributed by atoms with van der Waals surface area (Å²) in [6, 6.07) is 6.94. The summed E-state index contributed by atoms with van der Waals surface area (Å²) >= 11 is 0. The average Bonchev–Trinajstić information content (AvgIpc) is 3.22. The summed E-state index contributed by atoms with van der Waals surface area (Å²) in [5.41, 5.74) is 6.00. The van der Waals surface area contributed by atoms with Crippen molar-refractivity contribution in [3.63, 3.8) is 0 Å². The van der Waals surface area contributed by atoms with Gasteiger partial charge in [0, 0.05) is 0 Å². The zero-order valence-corrected chi connectivity index (χ0v) is 11.5. The highest BCUT2D eigenvalue weighted by molar-refractivity contribution is 5.58. The SMILES string of the molecule is C=C(/C=C\c1cc(C2(C)CC2)ccc1C)C1CC1. The van der Waals surface area contributed by atoms with Crippen molar-refractivity contribution in [1.29, 1.82) is 0 Å². The Morgan fingerprint density at radius 2 is 2.06 bits per heavy atom. The molecule has 0 atom stereocenters. The average molecular weight is 238 g/mol. The van der Waals surface area contributed by atoms with Crippen molar-refractivity contribution in [3.05, 3.63) is 53.1 Å². The standard InChI is InChI=1S/C18H22/c1-13(15-7-8-15)4-6-16-12-17(9-5-14(16)2)18(3)10-11-18/h4-6,9,12,15H,1,7-8,10-11H2,2-3H3/b6-4-. The van der Waals surface area contributed by atoms with Crippen molar-refractivity contribution in [2.24, 2.45) is 5.92 Å². The molecule has 1 aromatic rings. The lowest BCUT2D eigenvalue weighted by atomic mass is 9.94. The number of allylic oxidation sites excluding steroid dienone is 2. The van der Waals surface area contributed by atoms with Crippen LogP contribution in [0.4, 0.5) is 0 Å². The van der Waals surface area contributed by atoms with Gasteiger partial charge in [0.25, 0.3) is 0 Å². The monoisotopic (exact) mass is 238 g/mol. The van der Waals surface area contributed by atoms with Crippen LogP contribution in [0.25, 0.3) is 6.08 Å². The number of rotatable bonds is 4. The highest BCUT2D eigenvalue weighted by atomic mass is 14.4. The molecule has 0 aromatic heterocycles. The molecule has 0 saturated heterocycles. The van der Waals surface area contributed by atoms with E-state index in [0.717, 1.165) is 5.92 Å². The molecule has 0 N–H and O–H groups in total. The molecule has 0 nitrogen and oxygen atoms in total. The van der Waals surface area contributed by atoms with Gasteiger partial charge in [-0.05, 0) is 60.6 Å². The van der Waals surface area contributed by atoms with Crippen molar-refractivity contribution in [1.82, 2.24) is 0 Å². The van der Waals surface area contributed by atoms with Crippen molar-refractivity contribution in [2.75, 3.05) is 0 Å². The highest BCUT2D eigenvalue weighted by Crippen LogP contribution is 2.48. The molecular weight excluding hydrogens is 216 g/mol. The van der Waals surface area contributed by atoms with Gasteiger partial charge in [-0.2, -0.15) is 0 Å². The molecule has 0 unspecified atom stereocenters. The third-order valence-corrected chi connectivity index (χ3v) is 4.55. The van der Waals surface area contributed by atoms with E-state index in [1.807, 2.05) is 0 Å². The van der Waals surface area contributed by atoms with E-state index >= 15 is 0 Å². The summed E-state index contributed by atoms with van der Waals surface area (Å²) in [6.45, 7) is 8.72. The maximum absolute atomic E-state index is 4.16. The summed E-state index contributed by atoms with van der Waals surface area (Å²) in [4.78, 5) is 0. The predicted octanol–water partition coefficient (Wildman–Crippen LogP) is 5.03. The van der Waals surface area contributed by atoms with E-state index in [2.05, 4.69) is 50.8 Å². The number of hydrogen-bond acceptors (Lipinski definition) is 0. The Balaban J connectivity index is 1.83. The zero-order valence-electron chi connectivity index (χ0n) is 11.5. The van der Waals surface area contributed by atoms with Crippen molar-refractivity contribution in [3.8, 4) is 0 Å². The minimum Gasteiger partial charge on any atom is -0.0955 e. The van der Waals surface area contributed by atoms with Crippen LogP contribution in [-0.4, -0.2) is 0 Å². The quantitative estimate of drug-likeness (QED) is 0.646. The third-order valence-electron chi connectivity index (χ3n) is 4.55. The molecule has 18 heavy (non-hydrogen) atoms. The molecule has 0 heterocycles. The van der Waals surface area contributed by atoms with Crippen LogP contribution in [0.3, 0.4) is 0 Å². The fraction of sp³-hybridized carbons (Fsp3) is 0.444. The second-order valence-corrected chi connectivity index (χ2v) is 6.31. The Bertz CT molecular complexity index is 511. The molecule has 0 radical (unpaired) electrons. The van der Waals surface area contributed by atoms with Crippen LogP contribution >= 0.6 is 0 Å². The van der Waals surface area contributed by atoms with E-state index in [1.54, 1.807) is 0 Å². The van der Waals surface area contributed by atoms with Gasteiger partial charge in [0.05, 0.1) is 0 Å². The summed E-state index contributed by atoms with van der Waals surface area (Å²) in [5.74, 6) is 0.769. The minimum atomic E-state index is 0.462. The zero-order chi connectivity index (χ0) is 12.8. The first-order valence-corrected chi connectivity index (χ1v) is 7.06. The van der Waals surface area contributed by atoms with Crippen molar-refractivity contribution in [2.45, 2.75) is 44.9 Å². The topological polar surface area (TPSA) is 0 Å². The third kappa shape index (κ3) is 2.29. The lowest BCUT2D eigenvalue weighted by Gasteiger charge is -2.11. The van der Waals surface area contributed by atoms with Crippen LogP contribution in [0, 0.1) is 12.8 Å². The van der Waals surface area contributed by atoms with Crippen LogP contribution in [0.1, 0.15) is 49.3 Å². The molecule has 0 amide bonds. The first-order valence-electron chi connectivity index (χ1n) is 7.06. The summed E-state index contributed by atoms with van der Waals surface area (Å²) in [5, 5.41) is 0. The van der Waals surface area contributed by atoms with E-state index in [9.17, 15) is 0 Å². The van der Waals surface area contributed by atoms with Gasteiger partial charge >= 0.3 is 0 Å². The largest absolute Gasteiger partial charge is 0.0955 e. The molecule has 2 aliphatic rings. The Kier molecular flexibility index (Phi) is 2.69. The summed E-state index contributed by atoms with van der Waals surface area (Å²) < 4.78 is 0. The van der Waals surface area contributed by atoms with Crippen molar-refractivity contribution < 1.29 is 0 Å². The maximum atomic E-state index is 4.16. The first kappa shape index (κ1) is 11.8. The molecular formula is C18H22. The molecule has 3 rings (SSSR count). The van der Waals surface area contributed by atoms with Gasteiger partial charge in [-0.1, -0.05) is 49.4 Å². The Hall–Kier alpha value is -1.30. The van der Waals surface area contributed by atoms with Gasteiger partial charge in [-0.15, -0.1) is 0 Å². The molecule has 0 bridgehead atoms. The molecule has 0 aliphatic heterocycles. The molecule has 0 heteroatoms. The van der Waals surface area contributed by atoms with E-state index in [1.165, 1.54) is 47.9 Å². The Labute approximate surface area is 110 Å². The lowest BCUT2D eigenvalue weighted by Crippen LogP contribution is -2.00. The lowest BCUT2D eigenvalue weighted by molar-refractivity contribution is 0.787. The second-order valence-electron chi connectivity index (χ2n) is 6.31. The highest BCUT2D eigenvalue weighted by Gasteiger charge is 2.38. The van der Waals surface area contributed by atoms with Crippen LogP contribution < -0.4 is 0 Å². The maximum Gasteiger partial charge on any atom is -0.00744 e. The van der Waals surface area contributed by atoms with Gasteiger partial charge in [0.15, 0.2) is 0 Å².